The largest absolute Gasteiger partial charge is 0.320 e. The molecule has 0 unspecified atom stereocenters. The third kappa shape index (κ3) is 3.85. The molecule has 1 aliphatic rings. The lowest BCUT2D eigenvalue weighted by Gasteiger charge is -2.37. The molecule has 0 spiro atoms. The van der Waals surface area contributed by atoms with Crippen molar-refractivity contribution >= 4 is 10.0 Å². The topological polar surface area (TPSA) is 63.4 Å². The molecule has 1 aromatic carbocycles. The van der Waals surface area contributed by atoms with E-state index in [1.165, 1.54) is 0 Å². The van der Waals surface area contributed by atoms with Crippen LogP contribution in [-0.2, 0) is 10.0 Å². The van der Waals surface area contributed by atoms with Gasteiger partial charge in [0.25, 0.3) is 0 Å². The van der Waals surface area contributed by atoms with E-state index >= 15 is 0 Å². The molecule has 2 rings (SSSR count). The van der Waals surface area contributed by atoms with Crippen LogP contribution < -0.4 is 5.73 Å². The maximum atomic E-state index is 12.7. The summed E-state index contributed by atoms with van der Waals surface area (Å²) in [5.41, 5.74) is 6.14. The van der Waals surface area contributed by atoms with Gasteiger partial charge in [-0.25, -0.2) is 8.42 Å². The van der Waals surface area contributed by atoms with E-state index in [2.05, 4.69) is 25.7 Å². The smallest absolute Gasteiger partial charge is 0.243 e. The van der Waals surface area contributed by atoms with Gasteiger partial charge in [0.15, 0.2) is 0 Å². The lowest BCUT2D eigenvalue weighted by molar-refractivity contribution is 0.187. The van der Waals surface area contributed by atoms with E-state index in [4.69, 9.17) is 5.73 Å². The quantitative estimate of drug-likeness (QED) is 0.848. The van der Waals surface area contributed by atoms with E-state index in [1.54, 1.807) is 28.6 Å². The summed E-state index contributed by atoms with van der Waals surface area (Å²) in [5.74, 6) is 5.65. The zero-order chi connectivity index (χ0) is 15.5. The predicted octanol–water partition coefficient (Wildman–Crippen LogP) is 1.81. The minimum absolute atomic E-state index is 0.0395. The van der Waals surface area contributed by atoms with Crippen molar-refractivity contribution < 1.29 is 8.42 Å². The molecule has 1 aromatic rings. The van der Waals surface area contributed by atoms with E-state index in [1.807, 2.05) is 0 Å². The molecule has 0 amide bonds. The first-order chi connectivity index (χ1) is 9.85. The highest BCUT2D eigenvalue weighted by atomic mass is 32.2. The Kier molecular flexibility index (Phi) is 4.72. The van der Waals surface area contributed by atoms with Gasteiger partial charge in [-0.05, 0) is 42.5 Å². The minimum atomic E-state index is -3.41. The number of nitrogens with zero attached hydrogens (tertiary/aromatic N) is 1. The summed E-state index contributed by atoms with van der Waals surface area (Å²) < 4.78 is 26.9. The number of piperidine rings is 1. The molecular weight excluding hydrogens is 284 g/mol. The highest BCUT2D eigenvalue weighted by molar-refractivity contribution is 7.89. The van der Waals surface area contributed by atoms with Gasteiger partial charge < -0.3 is 5.73 Å². The van der Waals surface area contributed by atoms with Crippen molar-refractivity contribution in [2.75, 3.05) is 19.6 Å². The second-order valence-corrected chi connectivity index (χ2v) is 8.07. The van der Waals surface area contributed by atoms with Crippen LogP contribution >= 0.6 is 0 Å². The standard InChI is InChI=1S/C16H22N2O2S/c1-16(2)10-4-12-18(13-16)21(19,20)15-8-6-14(7-9-15)5-3-11-17/h6-9H,4,10-13,17H2,1-2H3. The molecule has 1 saturated heterocycles. The Morgan fingerprint density at radius 1 is 1.29 bits per heavy atom. The third-order valence-electron chi connectivity index (χ3n) is 3.69. The molecule has 4 nitrogen and oxygen atoms in total. The van der Waals surface area contributed by atoms with E-state index < -0.39 is 10.0 Å². The molecule has 1 aliphatic heterocycles. The first-order valence-electron chi connectivity index (χ1n) is 7.14. The Morgan fingerprint density at radius 2 is 1.95 bits per heavy atom. The number of rotatable bonds is 2. The molecule has 21 heavy (non-hydrogen) atoms. The molecule has 0 saturated carbocycles. The highest BCUT2D eigenvalue weighted by Crippen LogP contribution is 2.31. The summed E-state index contributed by atoms with van der Waals surface area (Å²) in [6, 6.07) is 6.70. The van der Waals surface area contributed by atoms with Crippen molar-refractivity contribution in [3.63, 3.8) is 0 Å². The monoisotopic (exact) mass is 306 g/mol. The van der Waals surface area contributed by atoms with Crippen molar-refractivity contribution in [2.45, 2.75) is 31.6 Å². The van der Waals surface area contributed by atoms with Crippen LogP contribution in [0, 0.1) is 17.3 Å². The molecule has 0 radical (unpaired) electrons. The average molecular weight is 306 g/mol. The van der Waals surface area contributed by atoms with Crippen LogP contribution in [0.25, 0.3) is 0 Å². The summed E-state index contributed by atoms with van der Waals surface area (Å²) >= 11 is 0. The summed E-state index contributed by atoms with van der Waals surface area (Å²) in [6.45, 7) is 5.69. The van der Waals surface area contributed by atoms with Gasteiger partial charge >= 0.3 is 0 Å². The lowest BCUT2D eigenvalue weighted by Crippen LogP contribution is -2.43. The van der Waals surface area contributed by atoms with Crippen molar-refractivity contribution in [1.29, 1.82) is 0 Å². The highest BCUT2D eigenvalue weighted by Gasteiger charge is 2.33. The third-order valence-corrected chi connectivity index (χ3v) is 5.55. The number of hydrogen-bond acceptors (Lipinski definition) is 3. The Balaban J connectivity index is 2.23. The molecule has 0 atom stereocenters. The maximum Gasteiger partial charge on any atom is 0.243 e. The van der Waals surface area contributed by atoms with Crippen LogP contribution in [0.15, 0.2) is 29.2 Å². The predicted molar refractivity (Wildman–Crippen MR) is 84.1 cm³/mol. The van der Waals surface area contributed by atoms with Gasteiger partial charge in [0.2, 0.25) is 10.0 Å². The fourth-order valence-electron chi connectivity index (χ4n) is 2.59. The maximum absolute atomic E-state index is 12.7. The van der Waals surface area contributed by atoms with Gasteiger partial charge in [-0.2, -0.15) is 4.31 Å². The molecule has 5 heteroatoms. The Bertz CT molecular complexity index is 652. The van der Waals surface area contributed by atoms with Crippen LogP contribution in [0.3, 0.4) is 0 Å². The summed E-state index contributed by atoms with van der Waals surface area (Å²) in [4.78, 5) is 0.332. The summed E-state index contributed by atoms with van der Waals surface area (Å²) in [7, 11) is -3.41. The molecular formula is C16H22N2O2S. The zero-order valence-electron chi connectivity index (χ0n) is 12.6. The number of nitrogens with two attached hydrogens (primary N) is 1. The van der Waals surface area contributed by atoms with Crippen molar-refractivity contribution in [2.24, 2.45) is 11.1 Å². The second kappa shape index (κ2) is 6.18. The molecule has 1 heterocycles. The van der Waals surface area contributed by atoms with Gasteiger partial charge in [-0.3, -0.25) is 0 Å². The van der Waals surface area contributed by atoms with Gasteiger partial charge in [0.1, 0.15) is 0 Å². The van der Waals surface area contributed by atoms with E-state index in [-0.39, 0.29) is 5.41 Å². The summed E-state index contributed by atoms with van der Waals surface area (Å²) in [6.07, 6.45) is 1.97. The minimum Gasteiger partial charge on any atom is -0.320 e. The van der Waals surface area contributed by atoms with Crippen LogP contribution in [0.5, 0.6) is 0 Å². The van der Waals surface area contributed by atoms with Crippen LogP contribution in [-0.4, -0.2) is 32.4 Å². The number of sulfonamides is 1. The molecule has 114 valence electrons. The van der Waals surface area contributed by atoms with Crippen LogP contribution in [0.1, 0.15) is 32.3 Å². The van der Waals surface area contributed by atoms with Crippen LogP contribution in [0.2, 0.25) is 0 Å². The fourth-order valence-corrected chi connectivity index (χ4v) is 4.25. The Hall–Kier alpha value is -1.35. The molecule has 1 fully saturated rings. The van der Waals surface area contributed by atoms with Gasteiger partial charge in [0.05, 0.1) is 11.4 Å². The molecule has 0 bridgehead atoms. The fraction of sp³-hybridized carbons (Fsp3) is 0.500. The van der Waals surface area contributed by atoms with Crippen molar-refractivity contribution in [1.82, 2.24) is 4.31 Å². The van der Waals surface area contributed by atoms with Gasteiger partial charge in [-0.1, -0.05) is 25.7 Å². The number of hydrogen-bond donors (Lipinski definition) is 1. The second-order valence-electron chi connectivity index (χ2n) is 6.14. The van der Waals surface area contributed by atoms with E-state index in [9.17, 15) is 8.42 Å². The Labute approximate surface area is 127 Å². The van der Waals surface area contributed by atoms with E-state index in [0.29, 0.717) is 24.5 Å². The van der Waals surface area contributed by atoms with Crippen molar-refractivity contribution in [3.8, 4) is 11.8 Å². The van der Waals surface area contributed by atoms with Gasteiger partial charge in [-0.15, -0.1) is 0 Å². The number of benzene rings is 1. The van der Waals surface area contributed by atoms with E-state index in [0.717, 1.165) is 18.4 Å². The lowest BCUT2D eigenvalue weighted by atomic mass is 9.85. The van der Waals surface area contributed by atoms with Gasteiger partial charge in [0, 0.05) is 18.7 Å². The first kappa shape index (κ1) is 16.0. The Morgan fingerprint density at radius 3 is 2.52 bits per heavy atom. The average Bonchev–Trinajstić information content (AvgIpc) is 2.44. The van der Waals surface area contributed by atoms with Crippen molar-refractivity contribution in [3.05, 3.63) is 29.8 Å². The first-order valence-corrected chi connectivity index (χ1v) is 8.58. The van der Waals surface area contributed by atoms with Crippen LogP contribution in [0.4, 0.5) is 0 Å². The molecule has 0 aliphatic carbocycles. The zero-order valence-corrected chi connectivity index (χ0v) is 13.4. The molecule has 0 aromatic heterocycles. The summed E-state index contributed by atoms with van der Waals surface area (Å²) in [5, 5.41) is 0. The SMILES string of the molecule is CC1(C)CCCN(S(=O)(=O)c2ccc(C#CCN)cc2)C1. The normalized spacial score (nSPS) is 18.8. The molecule has 2 N–H and O–H groups in total.